The Hall–Kier alpha value is -2.79. The maximum atomic E-state index is 11.8. The summed E-state index contributed by atoms with van der Waals surface area (Å²) in [5.41, 5.74) is 5.77. The van der Waals surface area contributed by atoms with Crippen molar-refractivity contribution < 1.29 is 14.3 Å². The van der Waals surface area contributed by atoms with Crippen LogP contribution in [0.4, 0.5) is 0 Å². The van der Waals surface area contributed by atoms with E-state index in [0.29, 0.717) is 16.3 Å². The van der Waals surface area contributed by atoms with Crippen LogP contribution in [0, 0.1) is 0 Å². The van der Waals surface area contributed by atoms with Crippen LogP contribution in [0.3, 0.4) is 0 Å². The second-order valence-electron chi connectivity index (χ2n) is 4.56. The number of benzene rings is 2. The van der Waals surface area contributed by atoms with Gasteiger partial charge in [-0.3, -0.25) is 20.4 Å². The highest BCUT2D eigenvalue weighted by molar-refractivity contribution is 6.30. The van der Waals surface area contributed by atoms with Gasteiger partial charge >= 0.3 is 0 Å². The zero-order valence-corrected chi connectivity index (χ0v) is 13.1. The van der Waals surface area contributed by atoms with E-state index < -0.39 is 11.8 Å². The molecule has 0 radical (unpaired) electrons. The first-order chi connectivity index (χ1) is 11.1. The molecule has 0 saturated heterocycles. The summed E-state index contributed by atoms with van der Waals surface area (Å²) >= 11 is 5.81. The third-order valence-electron chi connectivity index (χ3n) is 2.91. The number of hydrogen-bond acceptors (Lipinski definition) is 3. The van der Waals surface area contributed by atoms with Gasteiger partial charge in [0.2, 0.25) is 0 Å². The minimum Gasteiger partial charge on any atom is -0.497 e. The summed E-state index contributed by atoms with van der Waals surface area (Å²) in [7, 11) is 1.57. The average Bonchev–Trinajstić information content (AvgIpc) is 2.58. The molecule has 0 aliphatic carbocycles. The van der Waals surface area contributed by atoms with Crippen LogP contribution >= 0.6 is 11.6 Å². The highest BCUT2D eigenvalue weighted by Gasteiger charge is 2.06. The summed E-state index contributed by atoms with van der Waals surface area (Å²) in [5.74, 6) is -0.208. The summed E-state index contributed by atoms with van der Waals surface area (Å²) in [4.78, 5) is 23.5. The smallest absolute Gasteiger partial charge is 0.269 e. The molecule has 5 nitrogen and oxygen atoms in total. The predicted molar refractivity (Wildman–Crippen MR) is 89.1 cm³/mol. The maximum absolute atomic E-state index is 11.8. The van der Waals surface area contributed by atoms with Crippen molar-refractivity contribution in [2.75, 3.05) is 7.11 Å². The summed E-state index contributed by atoms with van der Waals surface area (Å²) in [5, 5.41) is 0.446. The number of hydrogen-bond donors (Lipinski definition) is 2. The lowest BCUT2D eigenvalue weighted by Gasteiger charge is -2.05. The van der Waals surface area contributed by atoms with Gasteiger partial charge in [-0.25, -0.2) is 0 Å². The van der Waals surface area contributed by atoms with E-state index in [4.69, 9.17) is 16.3 Å². The monoisotopic (exact) mass is 330 g/mol. The molecular formula is C17H15ClN2O3. The van der Waals surface area contributed by atoms with E-state index in [1.54, 1.807) is 37.5 Å². The number of methoxy groups -OCH3 is 1. The van der Waals surface area contributed by atoms with Gasteiger partial charge in [0.15, 0.2) is 0 Å². The third kappa shape index (κ3) is 5.16. The Morgan fingerprint density at radius 1 is 1.09 bits per heavy atom. The molecule has 0 heterocycles. The van der Waals surface area contributed by atoms with Crippen molar-refractivity contribution in [3.05, 3.63) is 70.8 Å². The molecule has 6 heteroatoms. The van der Waals surface area contributed by atoms with Crippen molar-refractivity contribution in [3.8, 4) is 5.75 Å². The van der Waals surface area contributed by atoms with E-state index in [-0.39, 0.29) is 0 Å². The largest absolute Gasteiger partial charge is 0.497 e. The third-order valence-corrected chi connectivity index (χ3v) is 3.14. The van der Waals surface area contributed by atoms with Gasteiger partial charge in [0.1, 0.15) is 5.75 Å². The highest BCUT2D eigenvalue weighted by Crippen LogP contribution is 2.13. The lowest BCUT2D eigenvalue weighted by atomic mass is 10.2. The second kappa shape index (κ2) is 8.00. The van der Waals surface area contributed by atoms with Crippen LogP contribution in [0.5, 0.6) is 5.75 Å². The standard InChI is InChI=1S/C17H15ClN2O3/c1-23-15-7-2-4-12(10-15)8-9-16(21)19-20-17(22)13-5-3-6-14(18)11-13/h2-11H,1H3,(H,19,21)(H,20,22)/b9-8+. The predicted octanol–water partition coefficient (Wildman–Crippen LogP) is 2.82. The first-order valence-electron chi connectivity index (χ1n) is 6.76. The maximum Gasteiger partial charge on any atom is 0.269 e. The molecule has 0 aromatic heterocycles. The summed E-state index contributed by atoms with van der Waals surface area (Å²) in [6, 6.07) is 13.7. The number of halogens is 1. The van der Waals surface area contributed by atoms with Gasteiger partial charge in [-0.05, 0) is 42.0 Å². The lowest BCUT2D eigenvalue weighted by Crippen LogP contribution is -2.40. The van der Waals surface area contributed by atoms with Gasteiger partial charge in [0, 0.05) is 16.7 Å². The molecule has 0 aliphatic heterocycles. The molecule has 0 fully saturated rings. The molecule has 2 N–H and O–H groups in total. The Kier molecular flexibility index (Phi) is 5.77. The fourth-order valence-electron chi connectivity index (χ4n) is 1.78. The Balaban J connectivity index is 1.89. The van der Waals surface area contributed by atoms with E-state index in [1.165, 1.54) is 12.1 Å². The highest BCUT2D eigenvalue weighted by atomic mass is 35.5. The lowest BCUT2D eigenvalue weighted by molar-refractivity contribution is -0.117. The van der Waals surface area contributed by atoms with Crippen LogP contribution in [-0.4, -0.2) is 18.9 Å². The number of ether oxygens (including phenoxy) is 1. The van der Waals surface area contributed by atoms with Crippen LogP contribution in [0.15, 0.2) is 54.6 Å². The first kappa shape index (κ1) is 16.6. The molecule has 2 aromatic rings. The minimum absolute atomic E-state index is 0.356. The van der Waals surface area contributed by atoms with E-state index in [0.717, 1.165) is 5.56 Å². The number of amides is 2. The van der Waals surface area contributed by atoms with Crippen molar-refractivity contribution >= 4 is 29.5 Å². The quantitative estimate of drug-likeness (QED) is 0.669. The van der Waals surface area contributed by atoms with Gasteiger partial charge in [-0.1, -0.05) is 29.8 Å². The summed E-state index contributed by atoms with van der Waals surface area (Å²) in [6.45, 7) is 0. The molecule has 0 saturated carbocycles. The fraction of sp³-hybridized carbons (Fsp3) is 0.0588. The van der Waals surface area contributed by atoms with Gasteiger partial charge in [0.25, 0.3) is 11.8 Å². The number of nitrogens with one attached hydrogen (secondary N) is 2. The van der Waals surface area contributed by atoms with Crippen LogP contribution < -0.4 is 15.6 Å². The second-order valence-corrected chi connectivity index (χ2v) is 5.00. The van der Waals surface area contributed by atoms with E-state index in [2.05, 4.69) is 10.9 Å². The molecule has 2 rings (SSSR count). The van der Waals surface area contributed by atoms with Crippen LogP contribution in [0.2, 0.25) is 5.02 Å². The topological polar surface area (TPSA) is 67.4 Å². The van der Waals surface area contributed by atoms with Crippen molar-refractivity contribution in [1.29, 1.82) is 0 Å². The fourth-order valence-corrected chi connectivity index (χ4v) is 1.97. The van der Waals surface area contributed by atoms with Crippen molar-refractivity contribution in [3.63, 3.8) is 0 Å². The van der Waals surface area contributed by atoms with Crippen LogP contribution in [-0.2, 0) is 4.79 Å². The molecule has 23 heavy (non-hydrogen) atoms. The molecular weight excluding hydrogens is 316 g/mol. The molecule has 2 amide bonds. The first-order valence-corrected chi connectivity index (χ1v) is 7.14. The number of hydrazine groups is 1. The van der Waals surface area contributed by atoms with Gasteiger partial charge < -0.3 is 4.74 Å². The van der Waals surface area contributed by atoms with E-state index in [1.807, 2.05) is 18.2 Å². The molecule has 0 bridgehead atoms. The van der Waals surface area contributed by atoms with E-state index in [9.17, 15) is 9.59 Å². The Morgan fingerprint density at radius 2 is 1.87 bits per heavy atom. The number of rotatable bonds is 4. The van der Waals surface area contributed by atoms with Crippen molar-refractivity contribution in [2.24, 2.45) is 0 Å². The normalized spacial score (nSPS) is 10.3. The Morgan fingerprint density at radius 3 is 2.61 bits per heavy atom. The molecule has 118 valence electrons. The van der Waals surface area contributed by atoms with Gasteiger partial charge in [-0.2, -0.15) is 0 Å². The zero-order chi connectivity index (χ0) is 16.7. The minimum atomic E-state index is -0.455. The van der Waals surface area contributed by atoms with Crippen LogP contribution in [0.1, 0.15) is 15.9 Å². The average molecular weight is 331 g/mol. The Bertz CT molecular complexity index is 744. The molecule has 0 unspecified atom stereocenters. The van der Waals surface area contributed by atoms with Gasteiger partial charge in [0.05, 0.1) is 7.11 Å². The molecule has 0 aliphatic rings. The zero-order valence-electron chi connectivity index (χ0n) is 12.4. The van der Waals surface area contributed by atoms with Crippen molar-refractivity contribution in [2.45, 2.75) is 0 Å². The Labute approximate surface area is 138 Å². The SMILES string of the molecule is COc1cccc(/C=C/C(=O)NNC(=O)c2cccc(Cl)c2)c1. The number of carbonyl (C=O) groups excluding carboxylic acids is 2. The number of carbonyl (C=O) groups is 2. The van der Waals surface area contributed by atoms with Crippen LogP contribution in [0.25, 0.3) is 6.08 Å². The van der Waals surface area contributed by atoms with E-state index >= 15 is 0 Å². The molecule has 2 aromatic carbocycles. The molecule has 0 spiro atoms. The molecule has 0 atom stereocenters. The summed E-state index contributed by atoms with van der Waals surface area (Å²) in [6.07, 6.45) is 2.93. The summed E-state index contributed by atoms with van der Waals surface area (Å²) < 4.78 is 5.10. The van der Waals surface area contributed by atoms with Crippen molar-refractivity contribution in [1.82, 2.24) is 10.9 Å². The van der Waals surface area contributed by atoms with Gasteiger partial charge in [-0.15, -0.1) is 0 Å².